The van der Waals surface area contributed by atoms with Crippen molar-refractivity contribution in [1.82, 2.24) is 24.6 Å². The SMILES string of the molecule is COCCN1C[C@H](NC(=O)Nc2c(C)c(-c3ccc(=O)n(C)c3)nn2-c2ccccc2)[C@@H](c2cc(F)cc(Cl)c2)C1. The molecule has 3 heterocycles. The van der Waals surface area contributed by atoms with E-state index >= 15 is 0 Å². The van der Waals surface area contributed by atoms with E-state index in [9.17, 15) is 14.0 Å². The number of hydrogen-bond donors (Lipinski definition) is 2. The van der Waals surface area contributed by atoms with Gasteiger partial charge in [0.25, 0.3) is 0 Å². The molecule has 4 aromatic rings. The van der Waals surface area contributed by atoms with E-state index in [1.54, 1.807) is 37.2 Å². The number of benzene rings is 2. The zero-order valence-corrected chi connectivity index (χ0v) is 23.9. The number of para-hydroxylation sites is 1. The summed E-state index contributed by atoms with van der Waals surface area (Å²) in [7, 11) is 3.33. The number of nitrogens with one attached hydrogen (secondary N) is 2. The largest absolute Gasteiger partial charge is 0.383 e. The van der Waals surface area contributed by atoms with Crippen LogP contribution in [0, 0.1) is 12.7 Å². The first-order chi connectivity index (χ1) is 19.7. The van der Waals surface area contributed by atoms with Gasteiger partial charge in [-0.25, -0.2) is 13.9 Å². The van der Waals surface area contributed by atoms with E-state index in [1.807, 2.05) is 37.3 Å². The Bertz CT molecular complexity index is 1590. The summed E-state index contributed by atoms with van der Waals surface area (Å²) < 4.78 is 22.7. The van der Waals surface area contributed by atoms with Crippen molar-refractivity contribution >= 4 is 23.4 Å². The molecule has 11 heteroatoms. The van der Waals surface area contributed by atoms with Crippen LogP contribution < -0.4 is 16.2 Å². The summed E-state index contributed by atoms with van der Waals surface area (Å²) in [6.07, 6.45) is 1.72. The molecule has 1 fully saturated rings. The fourth-order valence-corrected chi connectivity index (χ4v) is 5.51. The number of likely N-dealkylation sites (tertiary alicyclic amines) is 1. The molecular formula is C30H32ClFN6O3. The molecule has 1 aliphatic rings. The van der Waals surface area contributed by atoms with Crippen molar-refractivity contribution in [3.8, 4) is 16.9 Å². The van der Waals surface area contributed by atoms with Crippen molar-refractivity contribution in [2.75, 3.05) is 38.7 Å². The molecule has 1 saturated heterocycles. The Morgan fingerprint density at radius 3 is 2.63 bits per heavy atom. The molecule has 2 N–H and O–H groups in total. The third-order valence-corrected chi connectivity index (χ3v) is 7.57. The summed E-state index contributed by atoms with van der Waals surface area (Å²) in [6.45, 7) is 4.28. The lowest BCUT2D eigenvalue weighted by Crippen LogP contribution is -2.42. The van der Waals surface area contributed by atoms with Gasteiger partial charge < -0.3 is 14.6 Å². The number of urea groups is 1. The molecule has 0 unspecified atom stereocenters. The van der Waals surface area contributed by atoms with E-state index < -0.39 is 11.8 Å². The molecular weight excluding hydrogens is 547 g/mol. The normalized spacial score (nSPS) is 17.1. The van der Waals surface area contributed by atoms with Gasteiger partial charge in [-0.2, -0.15) is 5.10 Å². The number of carbonyl (C=O) groups excluding carboxylic acids is 1. The average Bonchev–Trinajstić information content (AvgIpc) is 3.49. The van der Waals surface area contributed by atoms with Crippen molar-refractivity contribution in [2.45, 2.75) is 18.9 Å². The molecule has 5 rings (SSSR count). The zero-order valence-electron chi connectivity index (χ0n) is 23.1. The third-order valence-electron chi connectivity index (χ3n) is 7.35. The Hall–Kier alpha value is -3.99. The van der Waals surface area contributed by atoms with Gasteiger partial charge in [0.05, 0.1) is 24.0 Å². The topological polar surface area (TPSA) is 93.4 Å². The maximum absolute atomic E-state index is 14.3. The molecule has 2 amide bonds. The van der Waals surface area contributed by atoms with Crippen LogP contribution in [0.25, 0.3) is 16.9 Å². The van der Waals surface area contributed by atoms with Crippen LogP contribution >= 0.6 is 11.6 Å². The van der Waals surface area contributed by atoms with Crippen molar-refractivity contribution in [2.24, 2.45) is 7.05 Å². The van der Waals surface area contributed by atoms with Crippen LogP contribution in [0.5, 0.6) is 0 Å². The number of ether oxygens (including phenoxy) is 1. The van der Waals surface area contributed by atoms with Crippen molar-refractivity contribution in [3.05, 3.63) is 99.2 Å². The Morgan fingerprint density at radius 2 is 1.93 bits per heavy atom. The van der Waals surface area contributed by atoms with Crippen LogP contribution in [0.4, 0.5) is 15.0 Å². The quantitative estimate of drug-likeness (QED) is 0.319. The van der Waals surface area contributed by atoms with E-state index in [-0.39, 0.29) is 17.5 Å². The molecule has 9 nitrogen and oxygen atoms in total. The van der Waals surface area contributed by atoms with Crippen LogP contribution in [0.1, 0.15) is 17.0 Å². The first-order valence-corrected chi connectivity index (χ1v) is 13.7. The minimum absolute atomic E-state index is 0.128. The van der Waals surface area contributed by atoms with Gasteiger partial charge in [0.15, 0.2) is 0 Å². The number of nitrogens with zero attached hydrogens (tertiary/aromatic N) is 4. The minimum atomic E-state index is -0.417. The minimum Gasteiger partial charge on any atom is -0.383 e. The zero-order chi connectivity index (χ0) is 29.1. The summed E-state index contributed by atoms with van der Waals surface area (Å²) in [5.74, 6) is -0.0939. The molecule has 0 aliphatic carbocycles. The van der Waals surface area contributed by atoms with Crippen LogP contribution in [0.3, 0.4) is 0 Å². The summed E-state index contributed by atoms with van der Waals surface area (Å²) in [4.78, 5) is 27.7. The second-order valence-corrected chi connectivity index (χ2v) is 10.6. The second kappa shape index (κ2) is 12.3. The Balaban J connectivity index is 1.45. The monoisotopic (exact) mass is 578 g/mol. The Labute approximate surface area is 242 Å². The molecule has 1 aliphatic heterocycles. The number of pyridine rings is 1. The molecule has 2 atom stereocenters. The molecule has 41 heavy (non-hydrogen) atoms. The van der Waals surface area contributed by atoms with Crippen LogP contribution in [0.15, 0.2) is 71.7 Å². The number of halogens is 2. The maximum Gasteiger partial charge on any atom is 0.320 e. The highest BCUT2D eigenvalue weighted by Crippen LogP contribution is 2.32. The number of aryl methyl sites for hydroxylation is 1. The maximum atomic E-state index is 14.3. The number of aromatic nitrogens is 3. The number of anilines is 1. The third kappa shape index (κ3) is 6.35. The van der Waals surface area contributed by atoms with Gasteiger partial charge in [0.2, 0.25) is 5.56 Å². The lowest BCUT2D eigenvalue weighted by Gasteiger charge is -2.21. The lowest BCUT2D eigenvalue weighted by atomic mass is 9.94. The number of rotatable bonds is 8. The first-order valence-electron chi connectivity index (χ1n) is 13.3. The van der Waals surface area contributed by atoms with Crippen molar-refractivity contribution < 1.29 is 13.9 Å². The summed E-state index contributed by atoms with van der Waals surface area (Å²) >= 11 is 6.17. The first kappa shape index (κ1) is 28.5. The highest BCUT2D eigenvalue weighted by atomic mass is 35.5. The van der Waals surface area contributed by atoms with Crippen molar-refractivity contribution in [3.63, 3.8) is 0 Å². The Morgan fingerprint density at radius 1 is 1.15 bits per heavy atom. The molecule has 0 saturated carbocycles. The van der Waals surface area contributed by atoms with Gasteiger partial charge >= 0.3 is 6.03 Å². The number of methoxy groups -OCH3 is 1. The van der Waals surface area contributed by atoms with Gasteiger partial charge in [0, 0.05) is 68.1 Å². The van der Waals surface area contributed by atoms with Gasteiger partial charge in [-0.15, -0.1) is 0 Å². The standard InChI is InChI=1S/C30H32ClFN6O3/c1-19-28(20-9-10-27(39)36(2)16-20)35-38(24-7-5-4-6-8-24)29(19)34-30(40)33-26-18-37(11-12-41-3)17-25(26)21-13-22(31)15-23(32)14-21/h4-10,13-16,25-26H,11-12,17-18H2,1-3H3,(H2,33,34,40)/t25-,26+/m1/s1. The highest BCUT2D eigenvalue weighted by Gasteiger charge is 2.35. The van der Waals surface area contributed by atoms with E-state index in [4.69, 9.17) is 21.4 Å². The Kier molecular flexibility index (Phi) is 8.53. The van der Waals surface area contributed by atoms with E-state index in [2.05, 4.69) is 15.5 Å². The summed E-state index contributed by atoms with van der Waals surface area (Å²) in [6, 6.07) is 16.5. The molecule has 0 radical (unpaired) electrons. The highest BCUT2D eigenvalue weighted by molar-refractivity contribution is 6.30. The summed E-state index contributed by atoms with van der Waals surface area (Å²) in [5.41, 5.74) is 3.48. The van der Waals surface area contributed by atoms with Crippen LogP contribution in [0.2, 0.25) is 5.02 Å². The van der Waals surface area contributed by atoms with E-state index in [1.165, 1.54) is 22.8 Å². The predicted octanol–water partition coefficient (Wildman–Crippen LogP) is 4.57. The van der Waals surface area contributed by atoms with Gasteiger partial charge in [-0.1, -0.05) is 29.8 Å². The molecule has 2 aromatic carbocycles. The van der Waals surface area contributed by atoms with E-state index in [0.29, 0.717) is 42.8 Å². The van der Waals surface area contributed by atoms with Crippen molar-refractivity contribution in [1.29, 1.82) is 0 Å². The summed E-state index contributed by atoms with van der Waals surface area (Å²) in [5, 5.41) is 11.2. The molecule has 0 spiro atoms. The fraction of sp³-hybridized carbons (Fsp3) is 0.300. The smallest absolute Gasteiger partial charge is 0.320 e. The number of amides is 2. The van der Waals surface area contributed by atoms with Gasteiger partial charge in [0.1, 0.15) is 11.6 Å². The van der Waals surface area contributed by atoms with Crippen LogP contribution in [-0.4, -0.2) is 64.7 Å². The molecule has 2 aromatic heterocycles. The molecule has 0 bridgehead atoms. The predicted molar refractivity (Wildman–Crippen MR) is 157 cm³/mol. The van der Waals surface area contributed by atoms with Crippen LogP contribution in [-0.2, 0) is 11.8 Å². The number of hydrogen-bond acceptors (Lipinski definition) is 5. The second-order valence-electron chi connectivity index (χ2n) is 10.2. The number of carbonyl (C=O) groups is 1. The van der Waals surface area contributed by atoms with E-state index in [0.717, 1.165) is 22.4 Å². The lowest BCUT2D eigenvalue weighted by molar-refractivity contribution is 0.159. The van der Waals surface area contributed by atoms with Gasteiger partial charge in [-0.3, -0.25) is 15.0 Å². The van der Waals surface area contributed by atoms with Gasteiger partial charge in [-0.05, 0) is 48.9 Å². The molecule has 214 valence electrons. The fourth-order valence-electron chi connectivity index (χ4n) is 5.28. The average molecular weight is 579 g/mol.